The number of nitrogens with zero attached hydrogens (tertiary/aromatic N) is 2. The highest BCUT2D eigenvalue weighted by Crippen LogP contribution is 2.26. The molecule has 0 fully saturated rings. The van der Waals surface area contributed by atoms with E-state index in [1.165, 1.54) is 0 Å². The third-order valence-corrected chi connectivity index (χ3v) is 2.62. The van der Waals surface area contributed by atoms with Crippen LogP contribution < -0.4 is 16.2 Å². The average Bonchev–Trinajstić information content (AvgIpc) is 2.35. The number of fused-ring (bicyclic) bond motifs is 1. The summed E-state index contributed by atoms with van der Waals surface area (Å²) < 4.78 is 5.27. The van der Waals surface area contributed by atoms with Gasteiger partial charge in [-0.1, -0.05) is 12.1 Å². The minimum absolute atomic E-state index is 0.272. The molecule has 0 saturated heterocycles. The Morgan fingerprint density at radius 3 is 2.82 bits per heavy atom. The zero-order chi connectivity index (χ0) is 12.3. The van der Waals surface area contributed by atoms with Crippen LogP contribution in [0.25, 0.3) is 10.9 Å². The van der Waals surface area contributed by atoms with Crippen molar-refractivity contribution >= 4 is 16.9 Å². The van der Waals surface area contributed by atoms with Gasteiger partial charge in [0.2, 0.25) is 5.95 Å². The first kappa shape index (κ1) is 11.6. The lowest BCUT2D eigenvalue weighted by atomic mass is 10.1. The molecule has 2 aromatic rings. The number of aromatic nitrogens is 2. The van der Waals surface area contributed by atoms with Crippen molar-refractivity contribution in [3.8, 4) is 5.75 Å². The number of anilines is 1. The molecule has 0 bridgehead atoms. The molecular weight excluding hydrogens is 216 g/mol. The molecule has 0 radical (unpaired) electrons. The summed E-state index contributed by atoms with van der Waals surface area (Å²) in [4.78, 5) is 8.50. The van der Waals surface area contributed by atoms with E-state index < -0.39 is 0 Å². The lowest BCUT2D eigenvalue weighted by molar-refractivity contribution is 0.419. The fraction of sp³-hybridized carbons (Fsp3) is 0.333. The highest BCUT2D eigenvalue weighted by molar-refractivity contribution is 5.87. The Bertz CT molecular complexity index is 527. The predicted octanol–water partition coefficient (Wildman–Crippen LogP) is 1.11. The van der Waals surface area contributed by atoms with Crippen molar-refractivity contribution in [3.63, 3.8) is 0 Å². The SMILES string of the molecule is COc1cccc2c(CCCN)nc(N)nc12. The van der Waals surface area contributed by atoms with Crippen molar-refractivity contribution in [2.45, 2.75) is 12.8 Å². The normalized spacial score (nSPS) is 10.7. The molecule has 0 aliphatic heterocycles. The second kappa shape index (κ2) is 4.97. The van der Waals surface area contributed by atoms with Crippen molar-refractivity contribution in [3.05, 3.63) is 23.9 Å². The summed E-state index contributed by atoms with van der Waals surface area (Å²) in [6.07, 6.45) is 1.68. The van der Waals surface area contributed by atoms with E-state index in [1.54, 1.807) is 7.11 Å². The topological polar surface area (TPSA) is 87.0 Å². The molecule has 5 nitrogen and oxygen atoms in total. The van der Waals surface area contributed by atoms with Crippen LogP contribution in [0.3, 0.4) is 0 Å². The molecule has 5 heteroatoms. The van der Waals surface area contributed by atoms with Gasteiger partial charge in [0.25, 0.3) is 0 Å². The Morgan fingerprint density at radius 2 is 2.12 bits per heavy atom. The van der Waals surface area contributed by atoms with E-state index in [1.807, 2.05) is 18.2 Å². The number of hydrogen-bond donors (Lipinski definition) is 2. The lowest BCUT2D eigenvalue weighted by Gasteiger charge is -2.09. The zero-order valence-corrected chi connectivity index (χ0v) is 9.81. The average molecular weight is 232 g/mol. The number of ether oxygens (including phenoxy) is 1. The van der Waals surface area contributed by atoms with E-state index in [0.717, 1.165) is 29.4 Å². The second-order valence-electron chi connectivity index (χ2n) is 3.78. The molecule has 1 aromatic carbocycles. The molecule has 4 N–H and O–H groups in total. The maximum absolute atomic E-state index is 5.71. The largest absolute Gasteiger partial charge is 0.494 e. The van der Waals surface area contributed by atoms with Crippen molar-refractivity contribution in [2.24, 2.45) is 5.73 Å². The number of hydrogen-bond acceptors (Lipinski definition) is 5. The summed E-state index contributed by atoms with van der Waals surface area (Å²) >= 11 is 0. The first-order chi connectivity index (χ1) is 8.26. The van der Waals surface area contributed by atoms with Crippen molar-refractivity contribution in [1.82, 2.24) is 9.97 Å². The molecule has 0 saturated carbocycles. The molecule has 1 aromatic heterocycles. The van der Waals surface area contributed by atoms with Gasteiger partial charge in [-0.15, -0.1) is 0 Å². The summed E-state index contributed by atoms with van der Waals surface area (Å²) in [7, 11) is 1.62. The number of rotatable bonds is 4. The quantitative estimate of drug-likeness (QED) is 0.824. The van der Waals surface area contributed by atoms with Gasteiger partial charge in [0, 0.05) is 5.39 Å². The Balaban J connectivity index is 2.59. The van der Waals surface area contributed by atoms with E-state index in [4.69, 9.17) is 16.2 Å². The fourth-order valence-electron chi connectivity index (χ4n) is 1.83. The molecule has 0 unspecified atom stereocenters. The summed E-state index contributed by atoms with van der Waals surface area (Å²) in [6, 6.07) is 5.76. The van der Waals surface area contributed by atoms with Crippen molar-refractivity contribution in [2.75, 3.05) is 19.4 Å². The highest BCUT2D eigenvalue weighted by Gasteiger charge is 2.09. The van der Waals surface area contributed by atoms with Gasteiger partial charge in [-0.3, -0.25) is 0 Å². The van der Waals surface area contributed by atoms with E-state index in [9.17, 15) is 0 Å². The van der Waals surface area contributed by atoms with Gasteiger partial charge in [-0.2, -0.15) is 0 Å². The van der Waals surface area contributed by atoms with Gasteiger partial charge < -0.3 is 16.2 Å². The molecule has 0 atom stereocenters. The molecule has 0 aliphatic rings. The number of methoxy groups -OCH3 is 1. The smallest absolute Gasteiger partial charge is 0.220 e. The summed E-state index contributed by atoms with van der Waals surface area (Å²) in [5, 5.41) is 0.979. The summed E-state index contributed by atoms with van der Waals surface area (Å²) in [5.41, 5.74) is 12.9. The third-order valence-electron chi connectivity index (χ3n) is 2.62. The van der Waals surface area contributed by atoms with Crippen LogP contribution in [0.2, 0.25) is 0 Å². The van der Waals surface area contributed by atoms with Crippen LogP contribution in [0, 0.1) is 0 Å². The standard InChI is InChI=1S/C12H16N4O/c1-17-10-6-2-4-8-9(5-3-7-13)15-12(14)16-11(8)10/h2,4,6H,3,5,7,13H2,1H3,(H2,14,15,16). The Labute approximate surface area is 99.8 Å². The van der Waals surface area contributed by atoms with Crippen LogP contribution in [0.1, 0.15) is 12.1 Å². The Morgan fingerprint density at radius 1 is 1.29 bits per heavy atom. The summed E-state index contributed by atoms with van der Waals surface area (Å²) in [5.74, 6) is 0.986. The Hall–Kier alpha value is -1.88. The predicted molar refractivity (Wildman–Crippen MR) is 67.9 cm³/mol. The van der Waals surface area contributed by atoms with Crippen LogP contribution in [-0.4, -0.2) is 23.6 Å². The van der Waals surface area contributed by atoms with Gasteiger partial charge in [0.15, 0.2) is 0 Å². The maximum Gasteiger partial charge on any atom is 0.220 e. The molecule has 2 rings (SSSR count). The Kier molecular flexibility index (Phi) is 3.39. The number of benzene rings is 1. The van der Waals surface area contributed by atoms with Crippen LogP contribution in [0.5, 0.6) is 5.75 Å². The number of para-hydroxylation sites is 1. The first-order valence-corrected chi connectivity index (χ1v) is 5.55. The van der Waals surface area contributed by atoms with Crippen LogP contribution in [0.15, 0.2) is 18.2 Å². The van der Waals surface area contributed by atoms with Crippen molar-refractivity contribution < 1.29 is 4.74 Å². The maximum atomic E-state index is 5.71. The lowest BCUT2D eigenvalue weighted by Crippen LogP contribution is -2.05. The summed E-state index contributed by atoms with van der Waals surface area (Å²) in [6.45, 7) is 0.634. The molecule has 0 aliphatic carbocycles. The minimum atomic E-state index is 0.272. The monoisotopic (exact) mass is 232 g/mol. The van der Waals surface area contributed by atoms with Crippen LogP contribution in [0.4, 0.5) is 5.95 Å². The third kappa shape index (κ3) is 2.29. The minimum Gasteiger partial charge on any atom is -0.494 e. The van der Waals surface area contributed by atoms with E-state index >= 15 is 0 Å². The van der Waals surface area contributed by atoms with Crippen molar-refractivity contribution in [1.29, 1.82) is 0 Å². The van der Waals surface area contributed by atoms with Gasteiger partial charge in [0.05, 0.1) is 12.8 Å². The number of nitrogen functional groups attached to an aromatic ring is 1. The molecule has 0 spiro atoms. The van der Waals surface area contributed by atoms with Gasteiger partial charge in [0.1, 0.15) is 11.3 Å². The number of nitrogens with two attached hydrogens (primary N) is 2. The molecule has 0 amide bonds. The zero-order valence-electron chi connectivity index (χ0n) is 9.81. The highest BCUT2D eigenvalue weighted by atomic mass is 16.5. The van der Waals surface area contributed by atoms with E-state index in [2.05, 4.69) is 9.97 Å². The molecule has 1 heterocycles. The second-order valence-corrected chi connectivity index (χ2v) is 3.78. The van der Waals surface area contributed by atoms with E-state index in [0.29, 0.717) is 12.3 Å². The molecular formula is C12H16N4O. The molecule has 17 heavy (non-hydrogen) atoms. The number of aryl methyl sites for hydroxylation is 1. The first-order valence-electron chi connectivity index (χ1n) is 5.55. The van der Waals surface area contributed by atoms with Crippen LogP contribution in [-0.2, 0) is 6.42 Å². The van der Waals surface area contributed by atoms with Crippen LogP contribution >= 0.6 is 0 Å². The van der Waals surface area contributed by atoms with Gasteiger partial charge in [-0.25, -0.2) is 9.97 Å². The van der Waals surface area contributed by atoms with Gasteiger partial charge >= 0.3 is 0 Å². The van der Waals surface area contributed by atoms with Gasteiger partial charge in [-0.05, 0) is 25.5 Å². The fourth-order valence-corrected chi connectivity index (χ4v) is 1.83. The molecule has 90 valence electrons. The van der Waals surface area contributed by atoms with E-state index in [-0.39, 0.29) is 5.95 Å².